The molecule has 0 radical (unpaired) electrons. The Hall–Kier alpha value is -3.02. The highest BCUT2D eigenvalue weighted by atomic mass is 16.5. The van der Waals surface area contributed by atoms with Crippen molar-refractivity contribution in [2.45, 2.75) is 51.2 Å². The van der Waals surface area contributed by atoms with Gasteiger partial charge in [0.25, 0.3) is 5.91 Å². The van der Waals surface area contributed by atoms with E-state index in [1.54, 1.807) is 12.1 Å². The molecule has 2 N–H and O–H groups in total. The second kappa shape index (κ2) is 10.5. The van der Waals surface area contributed by atoms with Gasteiger partial charge in [-0.1, -0.05) is 18.2 Å². The monoisotopic (exact) mass is 397 g/mol. The first-order chi connectivity index (χ1) is 14.1. The van der Waals surface area contributed by atoms with E-state index >= 15 is 0 Å². The van der Waals surface area contributed by atoms with Crippen LogP contribution in [0.4, 0.5) is 0 Å². The van der Waals surface area contributed by atoms with Gasteiger partial charge in [0, 0.05) is 24.1 Å². The largest absolute Gasteiger partial charge is 0.493 e. The summed E-state index contributed by atoms with van der Waals surface area (Å²) in [5.41, 5.74) is 1.49. The number of nitrogens with one attached hydrogen (secondary N) is 1. The van der Waals surface area contributed by atoms with Crippen molar-refractivity contribution in [3.8, 4) is 11.5 Å². The predicted octanol–water partition coefficient (Wildman–Crippen LogP) is 4.18. The van der Waals surface area contributed by atoms with E-state index < -0.39 is 5.97 Å². The van der Waals surface area contributed by atoms with E-state index in [2.05, 4.69) is 5.32 Å². The normalized spacial score (nSPS) is 13.0. The van der Waals surface area contributed by atoms with Gasteiger partial charge in [0.15, 0.2) is 0 Å². The van der Waals surface area contributed by atoms with Crippen LogP contribution in [0.1, 0.15) is 54.4 Å². The van der Waals surface area contributed by atoms with Crippen LogP contribution in [-0.2, 0) is 11.3 Å². The number of hydrogen-bond donors (Lipinski definition) is 2. The van der Waals surface area contributed by atoms with Crippen LogP contribution in [0, 0.1) is 0 Å². The molecule has 154 valence electrons. The third kappa shape index (κ3) is 7.14. The van der Waals surface area contributed by atoms with Crippen LogP contribution in [0.2, 0.25) is 0 Å². The standard InChI is InChI=1S/C23H27NO5/c25-22(26)8-2-1-5-15-28-21-7-4-3-6-18(21)16-24-23(27)17-9-11-19(12-10-17)29-20-13-14-20/h3-4,6-7,9-12,20H,1-2,5,8,13-16H2,(H,24,27)(H,25,26). The van der Waals surface area contributed by atoms with Gasteiger partial charge in [-0.15, -0.1) is 0 Å². The molecule has 0 saturated heterocycles. The fourth-order valence-corrected chi connectivity index (χ4v) is 2.87. The van der Waals surface area contributed by atoms with Crippen molar-refractivity contribution in [3.05, 3.63) is 59.7 Å². The molecule has 3 rings (SSSR count). The SMILES string of the molecule is O=C(O)CCCCCOc1ccccc1CNC(=O)c1ccc(OC2CC2)cc1. The maximum Gasteiger partial charge on any atom is 0.303 e. The molecule has 0 spiro atoms. The lowest BCUT2D eigenvalue weighted by Gasteiger charge is -2.12. The molecular formula is C23H27NO5. The molecule has 1 saturated carbocycles. The van der Waals surface area contributed by atoms with Crippen molar-refractivity contribution in [1.82, 2.24) is 5.32 Å². The first kappa shape index (κ1) is 20.7. The second-order valence-corrected chi connectivity index (χ2v) is 7.18. The Morgan fingerprint density at radius 1 is 1.00 bits per heavy atom. The summed E-state index contributed by atoms with van der Waals surface area (Å²) in [6, 6.07) is 14.8. The van der Waals surface area contributed by atoms with Gasteiger partial charge in [-0.25, -0.2) is 0 Å². The van der Waals surface area contributed by atoms with E-state index in [1.165, 1.54) is 0 Å². The summed E-state index contributed by atoms with van der Waals surface area (Å²) in [5.74, 6) is 0.619. The molecule has 1 aliphatic rings. The van der Waals surface area contributed by atoms with Crippen LogP contribution < -0.4 is 14.8 Å². The van der Waals surface area contributed by atoms with Gasteiger partial charge < -0.3 is 19.9 Å². The summed E-state index contributed by atoms with van der Waals surface area (Å²) in [5, 5.41) is 11.6. The van der Waals surface area contributed by atoms with Gasteiger partial charge in [-0.3, -0.25) is 9.59 Å². The summed E-state index contributed by atoms with van der Waals surface area (Å²) in [4.78, 5) is 22.9. The molecule has 29 heavy (non-hydrogen) atoms. The summed E-state index contributed by atoms with van der Waals surface area (Å²) < 4.78 is 11.5. The number of carbonyl (C=O) groups is 2. The van der Waals surface area contributed by atoms with Gasteiger partial charge in [0.05, 0.1) is 12.7 Å². The predicted molar refractivity (Wildman–Crippen MR) is 109 cm³/mol. The Balaban J connectivity index is 1.44. The third-order valence-corrected chi connectivity index (χ3v) is 4.65. The Labute approximate surface area is 170 Å². The zero-order valence-electron chi connectivity index (χ0n) is 16.4. The summed E-state index contributed by atoms with van der Waals surface area (Å²) in [6.45, 7) is 0.890. The fraction of sp³-hybridized carbons (Fsp3) is 0.391. The average molecular weight is 397 g/mol. The lowest BCUT2D eigenvalue weighted by molar-refractivity contribution is -0.137. The first-order valence-corrected chi connectivity index (χ1v) is 10.1. The Morgan fingerprint density at radius 3 is 2.48 bits per heavy atom. The van der Waals surface area contributed by atoms with Crippen molar-refractivity contribution in [2.75, 3.05) is 6.61 Å². The topological polar surface area (TPSA) is 84.9 Å². The number of para-hydroxylation sites is 1. The smallest absolute Gasteiger partial charge is 0.303 e. The quantitative estimate of drug-likeness (QED) is 0.525. The molecular weight excluding hydrogens is 370 g/mol. The van der Waals surface area contributed by atoms with Crippen LogP contribution in [0.15, 0.2) is 48.5 Å². The lowest BCUT2D eigenvalue weighted by atomic mass is 10.1. The van der Waals surface area contributed by atoms with Gasteiger partial charge in [-0.2, -0.15) is 0 Å². The summed E-state index contributed by atoms with van der Waals surface area (Å²) in [7, 11) is 0. The van der Waals surface area contributed by atoms with Crippen molar-refractivity contribution >= 4 is 11.9 Å². The Kier molecular flexibility index (Phi) is 7.50. The minimum Gasteiger partial charge on any atom is -0.493 e. The zero-order chi connectivity index (χ0) is 20.5. The Bertz CT molecular complexity index is 814. The molecule has 0 heterocycles. The van der Waals surface area contributed by atoms with Gasteiger partial charge in [-0.05, 0) is 62.4 Å². The van der Waals surface area contributed by atoms with E-state index in [1.807, 2.05) is 36.4 Å². The van der Waals surface area contributed by atoms with Crippen molar-refractivity contribution in [2.24, 2.45) is 0 Å². The minimum atomic E-state index is -0.767. The highest BCUT2D eigenvalue weighted by Gasteiger charge is 2.23. The fourth-order valence-electron chi connectivity index (χ4n) is 2.87. The second-order valence-electron chi connectivity index (χ2n) is 7.18. The third-order valence-electron chi connectivity index (χ3n) is 4.65. The highest BCUT2D eigenvalue weighted by molar-refractivity contribution is 5.94. The maximum atomic E-state index is 12.4. The van der Waals surface area contributed by atoms with E-state index in [0.29, 0.717) is 31.2 Å². The summed E-state index contributed by atoms with van der Waals surface area (Å²) in [6.07, 6.45) is 4.99. The van der Waals surface area contributed by atoms with Crippen LogP contribution in [0.3, 0.4) is 0 Å². The number of ether oxygens (including phenoxy) is 2. The average Bonchev–Trinajstić information content (AvgIpc) is 3.54. The van der Waals surface area contributed by atoms with Crippen LogP contribution >= 0.6 is 0 Å². The number of carbonyl (C=O) groups excluding carboxylic acids is 1. The minimum absolute atomic E-state index is 0.147. The van der Waals surface area contributed by atoms with Gasteiger partial charge >= 0.3 is 5.97 Å². The number of benzene rings is 2. The highest BCUT2D eigenvalue weighted by Crippen LogP contribution is 2.26. The molecule has 6 heteroatoms. The van der Waals surface area contributed by atoms with Crippen molar-refractivity contribution in [3.63, 3.8) is 0 Å². The molecule has 0 aliphatic heterocycles. The van der Waals surface area contributed by atoms with E-state index in [9.17, 15) is 9.59 Å². The number of amides is 1. The van der Waals surface area contributed by atoms with E-state index in [0.717, 1.165) is 42.7 Å². The number of aliphatic carboxylic acids is 1. The number of carboxylic acid groups (broad SMARTS) is 1. The molecule has 2 aromatic rings. The number of rotatable bonds is 12. The van der Waals surface area contributed by atoms with Crippen molar-refractivity contribution in [1.29, 1.82) is 0 Å². The van der Waals surface area contributed by atoms with Gasteiger partial charge in [0.2, 0.25) is 0 Å². The van der Waals surface area contributed by atoms with Crippen LogP contribution in [0.5, 0.6) is 11.5 Å². The molecule has 1 amide bonds. The number of carboxylic acids is 1. The van der Waals surface area contributed by atoms with Crippen LogP contribution in [0.25, 0.3) is 0 Å². The molecule has 0 unspecified atom stereocenters. The van der Waals surface area contributed by atoms with E-state index in [-0.39, 0.29) is 12.3 Å². The molecule has 0 bridgehead atoms. The number of unbranched alkanes of at least 4 members (excludes halogenated alkanes) is 2. The molecule has 0 atom stereocenters. The van der Waals surface area contributed by atoms with Gasteiger partial charge in [0.1, 0.15) is 11.5 Å². The Morgan fingerprint density at radius 2 is 1.76 bits per heavy atom. The molecule has 0 aromatic heterocycles. The summed E-state index contributed by atoms with van der Waals surface area (Å²) >= 11 is 0. The zero-order valence-corrected chi connectivity index (χ0v) is 16.4. The molecule has 2 aromatic carbocycles. The molecule has 1 aliphatic carbocycles. The first-order valence-electron chi connectivity index (χ1n) is 10.1. The molecule has 6 nitrogen and oxygen atoms in total. The maximum absolute atomic E-state index is 12.4. The molecule has 1 fully saturated rings. The lowest BCUT2D eigenvalue weighted by Crippen LogP contribution is -2.23. The van der Waals surface area contributed by atoms with E-state index in [4.69, 9.17) is 14.6 Å². The number of hydrogen-bond acceptors (Lipinski definition) is 4. The van der Waals surface area contributed by atoms with Crippen LogP contribution in [-0.4, -0.2) is 29.7 Å². The van der Waals surface area contributed by atoms with Crippen molar-refractivity contribution < 1.29 is 24.2 Å².